The summed E-state index contributed by atoms with van der Waals surface area (Å²) in [6, 6.07) is 2.15. The van der Waals surface area contributed by atoms with E-state index in [0.717, 1.165) is 12.1 Å². The lowest BCUT2D eigenvalue weighted by Crippen LogP contribution is -2.15. The van der Waals surface area contributed by atoms with Crippen LogP contribution >= 0.6 is 23.2 Å². The summed E-state index contributed by atoms with van der Waals surface area (Å²) < 4.78 is 26.8. The first-order valence-electron chi connectivity index (χ1n) is 5.47. The molecule has 0 saturated carbocycles. The summed E-state index contributed by atoms with van der Waals surface area (Å²) in [6.07, 6.45) is 1.43. The third kappa shape index (κ3) is 3.12. The first kappa shape index (κ1) is 15.6. The van der Waals surface area contributed by atoms with Crippen molar-refractivity contribution >= 4 is 45.0 Å². The number of aromatic carboxylic acids is 1. The Labute approximate surface area is 129 Å². The van der Waals surface area contributed by atoms with E-state index in [1.165, 1.54) is 6.20 Å². The van der Waals surface area contributed by atoms with E-state index in [-0.39, 0.29) is 10.8 Å². The molecule has 10 heteroatoms. The molecular formula is C11H9Cl2N3O4S. The Morgan fingerprint density at radius 3 is 2.57 bits per heavy atom. The van der Waals surface area contributed by atoms with Crippen molar-refractivity contribution in [1.29, 1.82) is 0 Å². The third-order valence-electron chi connectivity index (χ3n) is 2.59. The third-order valence-corrected chi connectivity index (χ3v) is 4.70. The van der Waals surface area contributed by atoms with Crippen LogP contribution in [0.2, 0.25) is 10.0 Å². The van der Waals surface area contributed by atoms with Gasteiger partial charge in [-0.1, -0.05) is 23.2 Å². The van der Waals surface area contributed by atoms with Crippen LogP contribution in [0, 0.1) is 6.92 Å². The van der Waals surface area contributed by atoms with Crippen molar-refractivity contribution in [1.82, 2.24) is 10.2 Å². The van der Waals surface area contributed by atoms with Gasteiger partial charge in [0.25, 0.3) is 10.0 Å². The van der Waals surface area contributed by atoms with E-state index < -0.39 is 31.5 Å². The molecule has 0 aliphatic heterocycles. The summed E-state index contributed by atoms with van der Waals surface area (Å²) in [7, 11) is -4.12. The summed E-state index contributed by atoms with van der Waals surface area (Å²) >= 11 is 11.6. The van der Waals surface area contributed by atoms with Crippen LogP contribution in [0.25, 0.3) is 0 Å². The molecule has 0 aliphatic rings. The van der Waals surface area contributed by atoms with Gasteiger partial charge in [-0.3, -0.25) is 9.82 Å². The fraction of sp³-hybridized carbons (Fsp3) is 0.0909. The number of sulfonamides is 1. The zero-order chi connectivity index (χ0) is 15.8. The largest absolute Gasteiger partial charge is 0.478 e. The van der Waals surface area contributed by atoms with Crippen LogP contribution in [0.4, 0.5) is 5.82 Å². The first-order valence-corrected chi connectivity index (χ1v) is 7.71. The normalized spacial score (nSPS) is 11.4. The molecule has 0 bridgehead atoms. The number of carboxylic acids is 1. The highest BCUT2D eigenvalue weighted by Gasteiger charge is 2.24. The maximum absolute atomic E-state index is 12.3. The van der Waals surface area contributed by atoms with Crippen molar-refractivity contribution in [3.05, 3.63) is 39.5 Å². The molecule has 0 fully saturated rings. The lowest BCUT2D eigenvalue weighted by atomic mass is 10.2. The number of anilines is 1. The average molecular weight is 350 g/mol. The van der Waals surface area contributed by atoms with E-state index in [1.807, 2.05) is 0 Å². The van der Waals surface area contributed by atoms with E-state index in [1.54, 1.807) is 6.92 Å². The van der Waals surface area contributed by atoms with E-state index in [0.29, 0.717) is 5.56 Å². The molecule has 0 radical (unpaired) electrons. The summed E-state index contributed by atoms with van der Waals surface area (Å²) in [5, 5.41) is 14.7. The molecule has 2 rings (SSSR count). The van der Waals surface area contributed by atoms with Gasteiger partial charge in [0.1, 0.15) is 10.7 Å². The van der Waals surface area contributed by atoms with Gasteiger partial charge in [0.05, 0.1) is 16.8 Å². The molecule has 112 valence electrons. The zero-order valence-electron chi connectivity index (χ0n) is 10.5. The van der Waals surface area contributed by atoms with Gasteiger partial charge in [0.15, 0.2) is 0 Å². The van der Waals surface area contributed by atoms with Gasteiger partial charge in [-0.2, -0.15) is 5.10 Å². The highest BCUT2D eigenvalue weighted by Crippen LogP contribution is 2.30. The predicted molar refractivity (Wildman–Crippen MR) is 77.6 cm³/mol. The summed E-state index contributed by atoms with van der Waals surface area (Å²) in [4.78, 5) is 10.6. The molecule has 0 aliphatic carbocycles. The van der Waals surface area contributed by atoms with Crippen molar-refractivity contribution in [2.75, 3.05) is 4.72 Å². The quantitative estimate of drug-likeness (QED) is 0.784. The molecule has 1 aromatic carbocycles. The molecule has 0 unspecified atom stereocenters. The fourth-order valence-electron chi connectivity index (χ4n) is 1.55. The second kappa shape index (κ2) is 5.55. The highest BCUT2D eigenvalue weighted by molar-refractivity contribution is 7.92. The van der Waals surface area contributed by atoms with Gasteiger partial charge < -0.3 is 5.11 Å². The number of aromatic amines is 1. The number of nitrogens with one attached hydrogen (secondary N) is 2. The van der Waals surface area contributed by atoms with Gasteiger partial charge in [0.2, 0.25) is 0 Å². The number of carbonyl (C=O) groups is 1. The number of carboxylic acid groups (broad SMARTS) is 1. The Hall–Kier alpha value is -1.77. The van der Waals surface area contributed by atoms with Gasteiger partial charge >= 0.3 is 5.97 Å². The monoisotopic (exact) mass is 349 g/mol. The minimum atomic E-state index is -4.12. The first-order chi connectivity index (χ1) is 9.72. The van der Waals surface area contributed by atoms with Gasteiger partial charge in [-0.05, 0) is 19.1 Å². The molecular weight excluding hydrogens is 341 g/mol. The molecule has 0 amide bonds. The van der Waals surface area contributed by atoms with E-state index in [2.05, 4.69) is 14.9 Å². The SMILES string of the molecule is Cc1cn[nH]c1NS(=O)(=O)c1cc(Cl)cc(C(=O)O)c1Cl. The maximum Gasteiger partial charge on any atom is 0.337 e. The van der Waals surface area contributed by atoms with Crippen LogP contribution in [-0.4, -0.2) is 29.7 Å². The Morgan fingerprint density at radius 1 is 1.38 bits per heavy atom. The Kier molecular flexibility index (Phi) is 4.13. The second-order valence-corrected chi connectivity index (χ2v) is 6.57. The van der Waals surface area contributed by atoms with Gasteiger partial charge in [-0.25, -0.2) is 13.2 Å². The van der Waals surface area contributed by atoms with Gasteiger partial charge in [-0.15, -0.1) is 0 Å². The number of nitrogens with zero attached hydrogens (tertiary/aromatic N) is 1. The van der Waals surface area contributed by atoms with Crippen LogP contribution in [-0.2, 0) is 10.0 Å². The number of aromatic nitrogens is 2. The summed E-state index contributed by atoms with van der Waals surface area (Å²) in [5.74, 6) is -1.22. The van der Waals surface area contributed by atoms with Crippen molar-refractivity contribution in [3.63, 3.8) is 0 Å². The lowest BCUT2D eigenvalue weighted by molar-refractivity contribution is 0.0697. The standard InChI is InChI=1S/C11H9Cl2N3O4S/c1-5-4-14-15-10(5)16-21(19,20)8-3-6(12)2-7(9(8)13)11(17)18/h2-4H,1H3,(H,17,18)(H2,14,15,16). The van der Waals surface area contributed by atoms with Crippen LogP contribution in [0.3, 0.4) is 0 Å². The number of benzene rings is 1. The van der Waals surface area contributed by atoms with Crippen LogP contribution in [0.15, 0.2) is 23.2 Å². The number of rotatable bonds is 4. The topological polar surface area (TPSA) is 112 Å². The maximum atomic E-state index is 12.3. The van der Waals surface area contributed by atoms with Crippen molar-refractivity contribution in [2.24, 2.45) is 0 Å². The van der Waals surface area contributed by atoms with E-state index in [9.17, 15) is 13.2 Å². The van der Waals surface area contributed by atoms with Crippen molar-refractivity contribution < 1.29 is 18.3 Å². The second-order valence-electron chi connectivity index (χ2n) is 4.10. The number of H-pyrrole nitrogens is 1. The van der Waals surface area contributed by atoms with Gasteiger partial charge in [0, 0.05) is 10.6 Å². The number of aryl methyl sites for hydroxylation is 1. The minimum absolute atomic E-state index is 0.0569. The molecule has 3 N–H and O–H groups in total. The number of hydrogen-bond acceptors (Lipinski definition) is 4. The van der Waals surface area contributed by atoms with E-state index >= 15 is 0 Å². The van der Waals surface area contributed by atoms with E-state index in [4.69, 9.17) is 28.3 Å². The molecule has 1 aromatic heterocycles. The van der Waals surface area contributed by atoms with Crippen LogP contribution < -0.4 is 4.72 Å². The predicted octanol–water partition coefficient (Wildman–Crippen LogP) is 2.52. The van der Waals surface area contributed by atoms with Crippen molar-refractivity contribution in [3.8, 4) is 0 Å². The Bertz CT molecular complexity index is 817. The molecule has 21 heavy (non-hydrogen) atoms. The van der Waals surface area contributed by atoms with Crippen LogP contribution in [0.1, 0.15) is 15.9 Å². The van der Waals surface area contributed by atoms with Crippen molar-refractivity contribution in [2.45, 2.75) is 11.8 Å². The summed E-state index contributed by atoms with van der Waals surface area (Å²) in [6.45, 7) is 1.64. The highest BCUT2D eigenvalue weighted by atomic mass is 35.5. The zero-order valence-corrected chi connectivity index (χ0v) is 12.8. The summed E-state index contributed by atoms with van der Waals surface area (Å²) in [5.41, 5.74) is 0.168. The number of hydrogen-bond donors (Lipinski definition) is 3. The molecule has 0 atom stereocenters. The average Bonchev–Trinajstić information content (AvgIpc) is 2.76. The Balaban J connectivity index is 2.55. The van der Waals surface area contributed by atoms with Crippen LogP contribution in [0.5, 0.6) is 0 Å². The smallest absolute Gasteiger partial charge is 0.337 e. The molecule has 0 saturated heterocycles. The molecule has 7 nitrogen and oxygen atoms in total. The molecule has 1 heterocycles. The molecule has 0 spiro atoms. The number of halogens is 2. The Morgan fingerprint density at radius 2 is 2.05 bits per heavy atom. The lowest BCUT2D eigenvalue weighted by Gasteiger charge is -2.11. The molecule has 2 aromatic rings. The fourth-order valence-corrected chi connectivity index (χ4v) is 3.55. The minimum Gasteiger partial charge on any atom is -0.478 e.